The molecule has 0 aliphatic carbocycles. The maximum Gasteiger partial charge on any atom is 0.160 e. The summed E-state index contributed by atoms with van der Waals surface area (Å²) >= 11 is 11.9. The topological polar surface area (TPSA) is 6.48 Å². The van der Waals surface area contributed by atoms with Crippen LogP contribution in [-0.4, -0.2) is 36.6 Å². The molecule has 2 nitrogen and oxygen atoms in total. The molecule has 2 atom stereocenters. The number of rotatable bonds is 2. The van der Waals surface area contributed by atoms with Gasteiger partial charge < -0.3 is 4.90 Å². The Morgan fingerprint density at radius 1 is 1.25 bits per heavy atom. The lowest BCUT2D eigenvalue weighted by molar-refractivity contribution is 0.194. The number of benzene rings is 1. The smallest absolute Gasteiger partial charge is 0.160 e. The number of hydrogen-bond donors (Lipinski definition) is 0. The molecule has 110 valence electrons. The molecule has 0 spiro atoms. The fourth-order valence-electron chi connectivity index (χ4n) is 3.46. The van der Waals surface area contributed by atoms with Crippen molar-refractivity contribution in [1.82, 2.24) is 4.90 Å². The van der Waals surface area contributed by atoms with E-state index in [0.29, 0.717) is 12.1 Å². The van der Waals surface area contributed by atoms with Crippen LogP contribution in [0.1, 0.15) is 26.2 Å². The molecule has 0 bridgehead atoms. The second-order valence-electron chi connectivity index (χ2n) is 5.73. The predicted molar refractivity (Wildman–Crippen MR) is 82.4 cm³/mol. The van der Waals surface area contributed by atoms with E-state index in [0.717, 1.165) is 25.2 Å². The van der Waals surface area contributed by atoms with Crippen LogP contribution >= 0.6 is 23.2 Å². The minimum absolute atomic E-state index is 0.108. The molecule has 2 fully saturated rings. The fourth-order valence-corrected chi connectivity index (χ4v) is 3.94. The standard InChI is InChI=1S/C15H19Cl2FN2/c1-2-10-8-19-5-3-4-11(19)9-20(10)12-6-13(16)15(18)14(17)7-12/h6-7,10-11H,2-5,8-9H2,1H3. The van der Waals surface area contributed by atoms with Crippen LogP contribution in [0.2, 0.25) is 10.0 Å². The molecule has 1 aromatic carbocycles. The van der Waals surface area contributed by atoms with Gasteiger partial charge in [0.25, 0.3) is 0 Å². The Morgan fingerprint density at radius 2 is 1.95 bits per heavy atom. The average molecular weight is 317 g/mol. The minimum atomic E-state index is -0.523. The maximum atomic E-state index is 13.6. The van der Waals surface area contributed by atoms with Gasteiger partial charge in [-0.2, -0.15) is 0 Å². The summed E-state index contributed by atoms with van der Waals surface area (Å²) < 4.78 is 13.6. The molecule has 0 N–H and O–H groups in total. The van der Waals surface area contributed by atoms with Crippen LogP contribution in [0.3, 0.4) is 0 Å². The zero-order chi connectivity index (χ0) is 14.3. The van der Waals surface area contributed by atoms with Crippen molar-refractivity contribution in [2.75, 3.05) is 24.5 Å². The first-order valence-electron chi connectivity index (χ1n) is 7.25. The molecular formula is C15H19Cl2FN2. The molecule has 2 unspecified atom stereocenters. The van der Waals surface area contributed by atoms with Crippen molar-refractivity contribution in [3.63, 3.8) is 0 Å². The molecule has 2 aliphatic heterocycles. The van der Waals surface area contributed by atoms with Gasteiger partial charge in [-0.15, -0.1) is 0 Å². The highest BCUT2D eigenvalue weighted by Crippen LogP contribution is 2.34. The highest BCUT2D eigenvalue weighted by Gasteiger charge is 2.35. The Balaban J connectivity index is 1.91. The summed E-state index contributed by atoms with van der Waals surface area (Å²) in [5, 5.41) is 0.215. The summed E-state index contributed by atoms with van der Waals surface area (Å²) in [5.74, 6) is -0.523. The molecule has 2 saturated heterocycles. The van der Waals surface area contributed by atoms with Crippen LogP contribution in [0.15, 0.2) is 12.1 Å². The first kappa shape index (κ1) is 14.4. The van der Waals surface area contributed by atoms with Crippen molar-refractivity contribution >= 4 is 28.9 Å². The van der Waals surface area contributed by atoms with Crippen LogP contribution in [0, 0.1) is 5.82 Å². The number of fused-ring (bicyclic) bond motifs is 1. The first-order chi connectivity index (χ1) is 9.60. The van der Waals surface area contributed by atoms with Crippen LogP contribution in [0.4, 0.5) is 10.1 Å². The molecular weight excluding hydrogens is 298 g/mol. The molecule has 1 aromatic rings. The lowest BCUT2D eigenvalue weighted by Crippen LogP contribution is -2.56. The third kappa shape index (κ3) is 2.51. The highest BCUT2D eigenvalue weighted by atomic mass is 35.5. The molecule has 2 heterocycles. The predicted octanol–water partition coefficient (Wildman–Crippen LogP) is 4.20. The lowest BCUT2D eigenvalue weighted by Gasteiger charge is -2.45. The van der Waals surface area contributed by atoms with Gasteiger partial charge >= 0.3 is 0 Å². The number of nitrogens with zero attached hydrogens (tertiary/aromatic N) is 2. The van der Waals surface area contributed by atoms with E-state index in [9.17, 15) is 4.39 Å². The zero-order valence-electron chi connectivity index (χ0n) is 11.6. The first-order valence-corrected chi connectivity index (χ1v) is 8.01. The summed E-state index contributed by atoms with van der Waals surface area (Å²) in [6.07, 6.45) is 3.59. The van der Waals surface area contributed by atoms with Gasteiger partial charge in [-0.05, 0) is 37.9 Å². The molecule has 20 heavy (non-hydrogen) atoms. The number of hydrogen-bond acceptors (Lipinski definition) is 2. The largest absolute Gasteiger partial charge is 0.366 e. The van der Waals surface area contributed by atoms with Crippen molar-refractivity contribution in [3.8, 4) is 0 Å². The number of anilines is 1. The van der Waals surface area contributed by atoms with Crippen LogP contribution in [0.25, 0.3) is 0 Å². The number of halogens is 3. The van der Waals surface area contributed by atoms with Crippen molar-refractivity contribution in [2.24, 2.45) is 0 Å². The van der Waals surface area contributed by atoms with Crippen molar-refractivity contribution in [1.29, 1.82) is 0 Å². The van der Waals surface area contributed by atoms with E-state index < -0.39 is 5.82 Å². The molecule has 0 aromatic heterocycles. The van der Waals surface area contributed by atoms with Gasteiger partial charge in [-0.1, -0.05) is 30.1 Å². The summed E-state index contributed by atoms with van der Waals surface area (Å²) in [4.78, 5) is 4.93. The van der Waals surface area contributed by atoms with Crippen LogP contribution < -0.4 is 4.90 Å². The Kier molecular flexibility index (Phi) is 4.11. The summed E-state index contributed by atoms with van der Waals surface area (Å²) in [5.41, 5.74) is 0.944. The van der Waals surface area contributed by atoms with Gasteiger partial charge in [-0.25, -0.2) is 4.39 Å². The monoisotopic (exact) mass is 316 g/mol. The van der Waals surface area contributed by atoms with E-state index in [4.69, 9.17) is 23.2 Å². The van der Waals surface area contributed by atoms with Crippen molar-refractivity contribution < 1.29 is 4.39 Å². The highest BCUT2D eigenvalue weighted by molar-refractivity contribution is 6.35. The molecule has 5 heteroatoms. The van der Waals surface area contributed by atoms with E-state index in [1.165, 1.54) is 19.4 Å². The van der Waals surface area contributed by atoms with Crippen LogP contribution in [-0.2, 0) is 0 Å². The van der Waals surface area contributed by atoms with Gasteiger partial charge in [0, 0.05) is 30.9 Å². The summed E-state index contributed by atoms with van der Waals surface area (Å²) in [6.45, 7) is 5.46. The van der Waals surface area contributed by atoms with Crippen molar-refractivity contribution in [3.05, 3.63) is 28.0 Å². The van der Waals surface area contributed by atoms with Crippen molar-refractivity contribution in [2.45, 2.75) is 38.3 Å². The third-order valence-corrected chi connectivity index (χ3v) is 5.11. The van der Waals surface area contributed by atoms with E-state index in [1.54, 1.807) is 12.1 Å². The molecule has 0 radical (unpaired) electrons. The quantitative estimate of drug-likeness (QED) is 0.755. The van der Waals surface area contributed by atoms with Gasteiger partial charge in [0.2, 0.25) is 0 Å². The third-order valence-electron chi connectivity index (χ3n) is 4.56. The second-order valence-corrected chi connectivity index (χ2v) is 6.54. The van der Waals surface area contributed by atoms with E-state index in [-0.39, 0.29) is 10.0 Å². The molecule has 2 aliphatic rings. The van der Waals surface area contributed by atoms with Gasteiger partial charge in [-0.3, -0.25) is 4.90 Å². The Labute approximate surface area is 129 Å². The van der Waals surface area contributed by atoms with Gasteiger partial charge in [0.15, 0.2) is 5.82 Å². The summed E-state index contributed by atoms with van der Waals surface area (Å²) in [7, 11) is 0. The average Bonchev–Trinajstić information content (AvgIpc) is 2.89. The zero-order valence-corrected chi connectivity index (χ0v) is 13.1. The van der Waals surface area contributed by atoms with E-state index >= 15 is 0 Å². The lowest BCUT2D eigenvalue weighted by atomic mass is 10.0. The second kappa shape index (κ2) is 5.70. The fraction of sp³-hybridized carbons (Fsp3) is 0.600. The van der Waals surface area contributed by atoms with E-state index in [2.05, 4.69) is 16.7 Å². The number of piperazine rings is 1. The van der Waals surface area contributed by atoms with E-state index in [1.807, 2.05) is 0 Å². The SMILES string of the molecule is CCC1CN2CCCC2CN1c1cc(Cl)c(F)c(Cl)c1. The molecule has 3 rings (SSSR count). The van der Waals surface area contributed by atoms with Gasteiger partial charge in [0.05, 0.1) is 10.0 Å². The minimum Gasteiger partial charge on any atom is -0.366 e. The Bertz CT molecular complexity index is 486. The summed E-state index contributed by atoms with van der Waals surface area (Å²) in [6, 6.07) is 4.47. The Morgan fingerprint density at radius 3 is 2.60 bits per heavy atom. The van der Waals surface area contributed by atoms with Crippen LogP contribution in [0.5, 0.6) is 0 Å². The maximum absolute atomic E-state index is 13.6. The molecule has 0 amide bonds. The van der Waals surface area contributed by atoms with Gasteiger partial charge in [0.1, 0.15) is 0 Å². The molecule has 0 saturated carbocycles. The normalized spacial score (nSPS) is 26.9. The Hall–Kier alpha value is -0.510.